The van der Waals surface area contributed by atoms with Gasteiger partial charge in [-0.1, -0.05) is 25.1 Å². The molecule has 2 N–H and O–H groups in total. The van der Waals surface area contributed by atoms with E-state index >= 15 is 0 Å². The molecular formula is C23H23N3O4S. The number of aliphatic carboxylic acids is 1. The van der Waals surface area contributed by atoms with Crippen LogP contribution in [0.4, 0.5) is 11.5 Å². The predicted octanol–water partition coefficient (Wildman–Crippen LogP) is 4.65. The van der Waals surface area contributed by atoms with Crippen molar-refractivity contribution < 1.29 is 19.4 Å². The molecule has 0 fully saturated rings. The quantitative estimate of drug-likeness (QED) is 0.371. The number of allylic oxidation sites excluding steroid dienone is 1. The lowest BCUT2D eigenvalue weighted by Gasteiger charge is -2.15. The summed E-state index contributed by atoms with van der Waals surface area (Å²) in [6.45, 7) is 5.87. The molecule has 0 aliphatic carbocycles. The Morgan fingerprint density at radius 1 is 1.19 bits per heavy atom. The molecule has 0 amide bonds. The number of ether oxygens (including phenoxy) is 1. The standard InChI is InChI=1S/C23H23N3O4S/c1-4-6-16-17(5-2)25-22(18-11-12-19(31-18)23(29)30-3)26-21(16)24-15-9-7-14(8-10-15)13-20(27)28/h4,7-12H,1,5-6,13H2,2-3H3,(H,27,28)(H,24,25,26). The fraction of sp³-hybridized carbons (Fsp3) is 0.217. The third kappa shape index (κ3) is 5.35. The lowest BCUT2D eigenvalue weighted by molar-refractivity contribution is -0.136. The summed E-state index contributed by atoms with van der Waals surface area (Å²) in [6, 6.07) is 10.7. The highest BCUT2D eigenvalue weighted by Gasteiger charge is 2.17. The first-order chi connectivity index (χ1) is 14.9. The Kier molecular flexibility index (Phi) is 7.15. The van der Waals surface area contributed by atoms with Crippen molar-refractivity contribution in [3.63, 3.8) is 0 Å². The molecule has 0 radical (unpaired) electrons. The Balaban J connectivity index is 1.99. The number of aryl methyl sites for hydroxylation is 1. The number of anilines is 2. The number of carboxylic acid groups (broad SMARTS) is 1. The molecule has 2 aromatic heterocycles. The molecular weight excluding hydrogens is 414 g/mol. The Bertz CT molecular complexity index is 1110. The summed E-state index contributed by atoms with van der Waals surface area (Å²) in [5.74, 6) is -0.0881. The van der Waals surface area contributed by atoms with Crippen molar-refractivity contribution in [3.05, 3.63) is 70.8 Å². The molecule has 0 unspecified atom stereocenters. The Hall–Kier alpha value is -3.52. The summed E-state index contributed by atoms with van der Waals surface area (Å²) in [6.07, 6.45) is 3.08. The predicted molar refractivity (Wildman–Crippen MR) is 121 cm³/mol. The van der Waals surface area contributed by atoms with E-state index in [1.54, 1.807) is 24.3 Å². The van der Waals surface area contributed by atoms with Crippen molar-refractivity contribution in [2.24, 2.45) is 0 Å². The van der Waals surface area contributed by atoms with Gasteiger partial charge in [0.1, 0.15) is 10.7 Å². The molecule has 1 aromatic carbocycles. The van der Waals surface area contributed by atoms with Crippen LogP contribution in [-0.4, -0.2) is 34.1 Å². The second-order valence-corrected chi connectivity index (χ2v) is 7.80. The van der Waals surface area contributed by atoms with Crippen LogP contribution < -0.4 is 5.32 Å². The molecule has 0 spiro atoms. The van der Waals surface area contributed by atoms with E-state index in [1.165, 1.54) is 18.4 Å². The van der Waals surface area contributed by atoms with Crippen molar-refractivity contribution in [1.82, 2.24) is 9.97 Å². The summed E-state index contributed by atoms with van der Waals surface area (Å²) in [7, 11) is 1.35. The normalized spacial score (nSPS) is 10.5. The lowest BCUT2D eigenvalue weighted by Crippen LogP contribution is -2.07. The number of carboxylic acids is 1. The molecule has 8 heteroatoms. The smallest absolute Gasteiger partial charge is 0.348 e. The van der Waals surface area contributed by atoms with Crippen LogP contribution in [0.5, 0.6) is 0 Å². The molecule has 0 aliphatic heterocycles. The molecule has 160 valence electrons. The summed E-state index contributed by atoms with van der Waals surface area (Å²) < 4.78 is 4.79. The zero-order valence-corrected chi connectivity index (χ0v) is 18.2. The SMILES string of the molecule is C=CCc1c(CC)nc(-c2ccc(C(=O)OC)s2)nc1Nc1ccc(CC(=O)O)cc1. The average Bonchev–Trinajstić information content (AvgIpc) is 3.25. The van der Waals surface area contributed by atoms with Crippen molar-refractivity contribution in [1.29, 1.82) is 0 Å². The van der Waals surface area contributed by atoms with Gasteiger partial charge in [0.2, 0.25) is 0 Å². The molecule has 0 saturated carbocycles. The number of aromatic nitrogens is 2. The molecule has 3 rings (SSSR count). The van der Waals surface area contributed by atoms with E-state index in [0.29, 0.717) is 29.4 Å². The van der Waals surface area contributed by atoms with Crippen LogP contribution in [0.1, 0.15) is 33.4 Å². The minimum Gasteiger partial charge on any atom is -0.481 e. The van der Waals surface area contributed by atoms with Crippen molar-refractivity contribution >= 4 is 34.8 Å². The first-order valence-electron chi connectivity index (χ1n) is 9.72. The number of thiophene rings is 1. The molecule has 2 heterocycles. The molecule has 31 heavy (non-hydrogen) atoms. The maximum Gasteiger partial charge on any atom is 0.348 e. The molecule has 3 aromatic rings. The summed E-state index contributed by atoms with van der Waals surface area (Å²) in [5, 5.41) is 12.3. The molecule has 0 aliphatic rings. The number of nitrogens with zero attached hydrogens (tertiary/aromatic N) is 2. The number of hydrogen-bond acceptors (Lipinski definition) is 7. The van der Waals surface area contributed by atoms with E-state index < -0.39 is 11.9 Å². The van der Waals surface area contributed by atoms with E-state index in [0.717, 1.165) is 27.4 Å². The highest BCUT2D eigenvalue weighted by Crippen LogP contribution is 2.30. The van der Waals surface area contributed by atoms with Gasteiger partial charge < -0.3 is 15.2 Å². The van der Waals surface area contributed by atoms with Gasteiger partial charge in [-0.25, -0.2) is 14.8 Å². The van der Waals surface area contributed by atoms with Gasteiger partial charge in [0.05, 0.1) is 18.4 Å². The molecule has 7 nitrogen and oxygen atoms in total. The van der Waals surface area contributed by atoms with Gasteiger partial charge in [0, 0.05) is 16.9 Å². The molecule has 0 bridgehead atoms. The number of carbonyl (C=O) groups is 2. The fourth-order valence-electron chi connectivity index (χ4n) is 3.08. The van der Waals surface area contributed by atoms with Crippen LogP contribution in [0, 0.1) is 0 Å². The largest absolute Gasteiger partial charge is 0.481 e. The second kappa shape index (κ2) is 9.99. The van der Waals surface area contributed by atoms with Crippen LogP contribution >= 0.6 is 11.3 Å². The van der Waals surface area contributed by atoms with Gasteiger partial charge >= 0.3 is 11.9 Å². The molecule has 0 saturated heterocycles. The first kappa shape index (κ1) is 22.2. The zero-order chi connectivity index (χ0) is 22.4. The van der Waals surface area contributed by atoms with E-state index in [9.17, 15) is 9.59 Å². The highest BCUT2D eigenvalue weighted by atomic mass is 32.1. The number of nitrogens with one attached hydrogen (secondary N) is 1. The Labute approximate surface area is 184 Å². The summed E-state index contributed by atoms with van der Waals surface area (Å²) >= 11 is 1.28. The van der Waals surface area contributed by atoms with Crippen LogP contribution in [-0.2, 0) is 28.8 Å². The van der Waals surface area contributed by atoms with Crippen LogP contribution in [0.15, 0.2) is 49.1 Å². The van der Waals surface area contributed by atoms with Gasteiger partial charge in [-0.15, -0.1) is 17.9 Å². The number of rotatable bonds is 9. The number of esters is 1. The highest BCUT2D eigenvalue weighted by molar-refractivity contribution is 7.17. The summed E-state index contributed by atoms with van der Waals surface area (Å²) in [5.41, 5.74) is 3.34. The fourth-order valence-corrected chi connectivity index (χ4v) is 3.94. The van der Waals surface area contributed by atoms with Gasteiger partial charge in [0.25, 0.3) is 0 Å². The Morgan fingerprint density at radius 2 is 1.94 bits per heavy atom. The maximum absolute atomic E-state index is 11.8. The van der Waals surface area contributed by atoms with E-state index in [2.05, 4.69) is 11.9 Å². The number of hydrogen-bond donors (Lipinski definition) is 2. The monoisotopic (exact) mass is 437 g/mol. The lowest BCUT2D eigenvalue weighted by atomic mass is 10.1. The van der Waals surface area contributed by atoms with Gasteiger partial charge in [-0.3, -0.25) is 4.79 Å². The van der Waals surface area contributed by atoms with Crippen molar-refractivity contribution in [3.8, 4) is 10.7 Å². The van der Waals surface area contributed by atoms with Crippen molar-refractivity contribution in [2.45, 2.75) is 26.2 Å². The number of carbonyl (C=O) groups excluding carboxylic acids is 1. The minimum atomic E-state index is -0.871. The third-order valence-electron chi connectivity index (χ3n) is 4.56. The minimum absolute atomic E-state index is 0.0272. The van der Waals surface area contributed by atoms with Gasteiger partial charge in [-0.05, 0) is 42.7 Å². The van der Waals surface area contributed by atoms with Gasteiger partial charge in [-0.2, -0.15) is 0 Å². The van der Waals surface area contributed by atoms with Crippen molar-refractivity contribution in [2.75, 3.05) is 12.4 Å². The third-order valence-corrected chi connectivity index (χ3v) is 5.62. The maximum atomic E-state index is 11.8. The average molecular weight is 438 g/mol. The first-order valence-corrected chi connectivity index (χ1v) is 10.5. The van der Waals surface area contributed by atoms with Gasteiger partial charge in [0.15, 0.2) is 5.82 Å². The van der Waals surface area contributed by atoms with Crippen LogP contribution in [0.2, 0.25) is 0 Å². The zero-order valence-electron chi connectivity index (χ0n) is 17.3. The summed E-state index contributed by atoms with van der Waals surface area (Å²) in [4.78, 5) is 33.4. The molecule has 0 atom stereocenters. The number of benzene rings is 1. The van der Waals surface area contributed by atoms with Crippen LogP contribution in [0.25, 0.3) is 10.7 Å². The number of methoxy groups -OCH3 is 1. The van der Waals surface area contributed by atoms with E-state index in [1.807, 2.05) is 25.1 Å². The Morgan fingerprint density at radius 3 is 2.55 bits per heavy atom. The van der Waals surface area contributed by atoms with E-state index in [4.69, 9.17) is 19.8 Å². The van der Waals surface area contributed by atoms with Crippen LogP contribution in [0.3, 0.4) is 0 Å². The topological polar surface area (TPSA) is 101 Å². The van der Waals surface area contributed by atoms with E-state index in [-0.39, 0.29) is 6.42 Å². The second-order valence-electron chi connectivity index (χ2n) is 6.72.